The van der Waals surface area contributed by atoms with E-state index in [1.807, 2.05) is 0 Å². The highest BCUT2D eigenvalue weighted by Gasteiger charge is 2.19. The topological polar surface area (TPSA) is 82.8 Å². The van der Waals surface area contributed by atoms with Crippen molar-refractivity contribution in [3.05, 3.63) is 40.6 Å². The van der Waals surface area contributed by atoms with E-state index in [0.717, 1.165) is 0 Å². The highest BCUT2D eigenvalue weighted by molar-refractivity contribution is 6.28. The zero-order valence-electron chi connectivity index (χ0n) is 11.2. The fraction of sp³-hybridized carbons (Fsp3) is 0.154. The number of halogens is 1. The Morgan fingerprint density at radius 1 is 1.24 bits per heavy atom. The minimum absolute atomic E-state index is 0.0845. The van der Waals surface area contributed by atoms with Crippen molar-refractivity contribution in [2.24, 2.45) is 7.05 Å². The first-order chi connectivity index (χ1) is 10.1. The first-order valence-electron chi connectivity index (χ1n) is 5.98. The minimum Gasteiger partial charge on any atom is -0.491 e. The standard InChI is InChI=1S/C13H10ClN5O2/c1-19-8-5-17-13(14)18-10(8)9(11(21-2)12(19)20)7-3-15-6-16-4-7/h3-6H,1-2H3. The van der Waals surface area contributed by atoms with Crippen LogP contribution in [0.3, 0.4) is 0 Å². The average Bonchev–Trinajstić information content (AvgIpc) is 2.51. The summed E-state index contributed by atoms with van der Waals surface area (Å²) in [6.07, 6.45) is 6.07. The SMILES string of the molecule is COc1c(-c2cncnc2)c2nc(Cl)ncc2n(C)c1=O. The van der Waals surface area contributed by atoms with Gasteiger partial charge in [-0.3, -0.25) is 4.79 Å². The Bertz CT molecular complexity index is 879. The predicted molar refractivity (Wildman–Crippen MR) is 77.4 cm³/mol. The maximum Gasteiger partial charge on any atom is 0.293 e. The van der Waals surface area contributed by atoms with Crippen molar-refractivity contribution in [3.8, 4) is 16.9 Å². The van der Waals surface area contributed by atoms with Crippen LogP contribution in [0.1, 0.15) is 0 Å². The summed E-state index contributed by atoms with van der Waals surface area (Å²) < 4.78 is 6.68. The molecule has 0 aromatic carbocycles. The molecule has 0 radical (unpaired) electrons. The number of nitrogens with zero attached hydrogens (tertiary/aromatic N) is 5. The van der Waals surface area contributed by atoms with E-state index in [9.17, 15) is 4.79 Å². The van der Waals surface area contributed by atoms with Gasteiger partial charge < -0.3 is 9.30 Å². The maximum absolute atomic E-state index is 12.4. The third-order valence-corrected chi connectivity index (χ3v) is 3.30. The number of fused-ring (bicyclic) bond motifs is 1. The summed E-state index contributed by atoms with van der Waals surface area (Å²) in [4.78, 5) is 28.5. The number of aromatic nitrogens is 5. The van der Waals surface area contributed by atoms with Gasteiger partial charge in [-0.05, 0) is 11.6 Å². The van der Waals surface area contributed by atoms with Crippen LogP contribution in [-0.2, 0) is 7.05 Å². The van der Waals surface area contributed by atoms with Crippen molar-refractivity contribution < 1.29 is 4.74 Å². The van der Waals surface area contributed by atoms with Crippen LogP contribution >= 0.6 is 11.6 Å². The quantitative estimate of drug-likeness (QED) is 0.666. The Kier molecular flexibility index (Phi) is 3.26. The molecular formula is C13H10ClN5O2. The van der Waals surface area contributed by atoms with E-state index in [4.69, 9.17) is 16.3 Å². The Labute approximate surface area is 124 Å². The third kappa shape index (κ3) is 2.11. The molecule has 0 amide bonds. The van der Waals surface area contributed by atoms with Crippen LogP contribution in [0.2, 0.25) is 5.28 Å². The lowest BCUT2D eigenvalue weighted by molar-refractivity contribution is 0.408. The van der Waals surface area contributed by atoms with Gasteiger partial charge in [-0.2, -0.15) is 0 Å². The maximum atomic E-state index is 12.4. The molecule has 0 bridgehead atoms. The highest BCUT2D eigenvalue weighted by Crippen LogP contribution is 2.32. The second-order valence-electron chi connectivity index (χ2n) is 4.27. The lowest BCUT2D eigenvalue weighted by Gasteiger charge is -2.13. The molecule has 0 spiro atoms. The lowest BCUT2D eigenvalue weighted by atomic mass is 10.1. The van der Waals surface area contributed by atoms with Crippen molar-refractivity contribution >= 4 is 22.6 Å². The second-order valence-corrected chi connectivity index (χ2v) is 4.61. The van der Waals surface area contributed by atoms with Gasteiger partial charge >= 0.3 is 0 Å². The summed E-state index contributed by atoms with van der Waals surface area (Å²) in [6, 6.07) is 0. The molecule has 3 aromatic heterocycles. The van der Waals surface area contributed by atoms with Crippen LogP contribution in [0.5, 0.6) is 5.75 Å². The van der Waals surface area contributed by atoms with E-state index in [1.165, 1.54) is 24.2 Å². The molecule has 7 nitrogen and oxygen atoms in total. The van der Waals surface area contributed by atoms with Gasteiger partial charge in [-0.25, -0.2) is 19.9 Å². The number of ether oxygens (including phenoxy) is 1. The van der Waals surface area contributed by atoms with E-state index in [1.54, 1.807) is 19.4 Å². The van der Waals surface area contributed by atoms with Crippen LogP contribution in [0.4, 0.5) is 0 Å². The zero-order chi connectivity index (χ0) is 15.0. The van der Waals surface area contributed by atoms with Gasteiger partial charge in [0.25, 0.3) is 5.56 Å². The number of rotatable bonds is 2. The molecule has 0 unspecified atom stereocenters. The van der Waals surface area contributed by atoms with E-state index in [0.29, 0.717) is 22.2 Å². The molecule has 0 fully saturated rings. The molecular weight excluding hydrogens is 294 g/mol. The van der Waals surface area contributed by atoms with E-state index in [2.05, 4.69) is 19.9 Å². The summed E-state index contributed by atoms with van der Waals surface area (Å²) in [5.41, 5.74) is 1.87. The minimum atomic E-state index is -0.297. The van der Waals surface area contributed by atoms with Gasteiger partial charge in [-0.1, -0.05) is 0 Å². The molecule has 3 heterocycles. The second kappa shape index (κ2) is 5.10. The molecule has 0 aliphatic carbocycles. The fourth-order valence-corrected chi connectivity index (χ4v) is 2.28. The van der Waals surface area contributed by atoms with Crippen molar-refractivity contribution in [2.75, 3.05) is 7.11 Å². The molecule has 0 N–H and O–H groups in total. The van der Waals surface area contributed by atoms with Crippen molar-refractivity contribution in [2.45, 2.75) is 0 Å². The number of methoxy groups -OCH3 is 1. The first kappa shape index (κ1) is 13.4. The molecule has 0 atom stereocenters. The van der Waals surface area contributed by atoms with Crippen molar-refractivity contribution in [3.63, 3.8) is 0 Å². The molecule has 0 saturated heterocycles. The summed E-state index contributed by atoms with van der Waals surface area (Å²) in [5, 5.41) is 0.0845. The molecule has 0 saturated carbocycles. The molecule has 3 aromatic rings. The van der Waals surface area contributed by atoms with Crippen LogP contribution < -0.4 is 10.3 Å². The smallest absolute Gasteiger partial charge is 0.293 e. The summed E-state index contributed by atoms with van der Waals surface area (Å²) >= 11 is 5.88. The van der Waals surface area contributed by atoms with Gasteiger partial charge in [-0.15, -0.1) is 0 Å². The van der Waals surface area contributed by atoms with Crippen LogP contribution in [0.15, 0.2) is 29.7 Å². The van der Waals surface area contributed by atoms with Gasteiger partial charge in [0.05, 0.1) is 24.4 Å². The Balaban J connectivity index is 2.54. The number of pyridine rings is 1. The Morgan fingerprint density at radius 2 is 1.95 bits per heavy atom. The van der Waals surface area contributed by atoms with Crippen molar-refractivity contribution in [1.29, 1.82) is 0 Å². The van der Waals surface area contributed by atoms with E-state index >= 15 is 0 Å². The van der Waals surface area contributed by atoms with E-state index in [-0.39, 0.29) is 16.6 Å². The third-order valence-electron chi connectivity index (χ3n) is 3.12. The predicted octanol–water partition coefficient (Wildman–Crippen LogP) is 1.45. The number of aryl methyl sites for hydroxylation is 1. The number of hydrogen-bond donors (Lipinski definition) is 0. The molecule has 21 heavy (non-hydrogen) atoms. The molecule has 3 rings (SSSR count). The normalized spacial score (nSPS) is 10.8. The van der Waals surface area contributed by atoms with Crippen LogP contribution in [0, 0.1) is 0 Å². The zero-order valence-corrected chi connectivity index (χ0v) is 12.0. The fourth-order valence-electron chi connectivity index (χ4n) is 2.14. The Morgan fingerprint density at radius 3 is 2.62 bits per heavy atom. The van der Waals surface area contributed by atoms with E-state index < -0.39 is 0 Å². The number of hydrogen-bond acceptors (Lipinski definition) is 6. The highest BCUT2D eigenvalue weighted by atomic mass is 35.5. The first-order valence-corrected chi connectivity index (χ1v) is 6.36. The Hall–Kier alpha value is -2.54. The van der Waals surface area contributed by atoms with Crippen molar-refractivity contribution in [1.82, 2.24) is 24.5 Å². The summed E-state index contributed by atoms with van der Waals surface area (Å²) in [5.74, 6) is 0.162. The van der Waals surface area contributed by atoms with Gasteiger partial charge in [0, 0.05) is 25.0 Å². The molecule has 0 aliphatic rings. The lowest BCUT2D eigenvalue weighted by Crippen LogP contribution is -2.20. The molecule has 0 aliphatic heterocycles. The summed E-state index contributed by atoms with van der Waals surface area (Å²) in [6.45, 7) is 0. The van der Waals surface area contributed by atoms with Gasteiger partial charge in [0.1, 0.15) is 11.8 Å². The molecule has 106 valence electrons. The van der Waals surface area contributed by atoms with Gasteiger partial charge in [0.15, 0.2) is 5.75 Å². The van der Waals surface area contributed by atoms with Crippen LogP contribution in [-0.4, -0.2) is 31.6 Å². The van der Waals surface area contributed by atoms with Crippen LogP contribution in [0.25, 0.3) is 22.2 Å². The largest absolute Gasteiger partial charge is 0.491 e. The van der Waals surface area contributed by atoms with Gasteiger partial charge in [0.2, 0.25) is 5.28 Å². The monoisotopic (exact) mass is 303 g/mol. The summed E-state index contributed by atoms with van der Waals surface area (Å²) in [7, 11) is 3.05. The average molecular weight is 304 g/mol. The molecule has 8 heteroatoms.